The topological polar surface area (TPSA) is 114 Å². The summed E-state index contributed by atoms with van der Waals surface area (Å²) in [6.45, 7) is 6.98. The van der Waals surface area contributed by atoms with Gasteiger partial charge in [0.2, 0.25) is 11.8 Å². The summed E-state index contributed by atoms with van der Waals surface area (Å²) in [6, 6.07) is 16.4. The van der Waals surface area contributed by atoms with Crippen molar-refractivity contribution in [1.29, 1.82) is 0 Å². The van der Waals surface area contributed by atoms with Crippen LogP contribution in [0.25, 0.3) is 0 Å². The smallest absolute Gasteiger partial charge is 0.264 e. The van der Waals surface area contributed by atoms with Crippen molar-refractivity contribution in [3.8, 4) is 17.2 Å². The number of anilines is 1. The van der Waals surface area contributed by atoms with E-state index in [4.69, 9.17) is 25.8 Å². The number of benzene rings is 3. The van der Waals surface area contributed by atoms with E-state index < -0.39 is 28.5 Å². The van der Waals surface area contributed by atoms with E-state index >= 15 is 0 Å². The number of ether oxygens (including phenoxy) is 3. The Balaban J connectivity index is 2.08. The second-order valence-corrected chi connectivity index (χ2v) is 12.2. The lowest BCUT2D eigenvalue weighted by Crippen LogP contribution is -2.52. The van der Waals surface area contributed by atoms with Gasteiger partial charge >= 0.3 is 0 Å². The van der Waals surface area contributed by atoms with Crippen LogP contribution in [0, 0.1) is 0 Å². The van der Waals surface area contributed by atoms with Gasteiger partial charge in [0.15, 0.2) is 11.5 Å². The fourth-order valence-electron chi connectivity index (χ4n) is 4.28. The van der Waals surface area contributed by atoms with Crippen molar-refractivity contribution in [2.24, 2.45) is 0 Å². The van der Waals surface area contributed by atoms with E-state index in [-0.39, 0.29) is 34.8 Å². The quantitative estimate of drug-likeness (QED) is 0.269. The number of methoxy groups -OCH3 is 2. The first-order valence-corrected chi connectivity index (χ1v) is 15.5. The van der Waals surface area contributed by atoms with E-state index in [1.165, 1.54) is 37.3 Å². The maximum atomic E-state index is 14.1. The fourth-order valence-corrected chi connectivity index (χ4v) is 5.84. The van der Waals surface area contributed by atoms with Crippen LogP contribution in [0.3, 0.4) is 0 Å². The number of sulfonamides is 1. The highest BCUT2D eigenvalue weighted by Gasteiger charge is 2.33. The highest BCUT2D eigenvalue weighted by atomic mass is 35.5. The molecule has 3 aromatic rings. The summed E-state index contributed by atoms with van der Waals surface area (Å²) in [5, 5.41) is 3.35. The Kier molecular flexibility index (Phi) is 11.7. The molecule has 43 heavy (non-hydrogen) atoms. The SMILES string of the molecule is CCOc1ccc(N(CC(=O)N(Cc2ccc(Cl)cc2)[C@@H](C)C(=O)NC(C)C)S(=O)(=O)c2ccc(OC)c(OC)c2)cc1. The molecule has 0 aromatic heterocycles. The average Bonchev–Trinajstić information content (AvgIpc) is 2.98. The molecular weight excluding hydrogens is 594 g/mol. The molecule has 3 aromatic carbocycles. The van der Waals surface area contributed by atoms with Gasteiger partial charge < -0.3 is 24.4 Å². The number of hydrogen-bond donors (Lipinski definition) is 1. The first kappa shape index (κ1) is 33.5. The Morgan fingerprint density at radius 3 is 2.09 bits per heavy atom. The van der Waals surface area contributed by atoms with Gasteiger partial charge in [-0.3, -0.25) is 13.9 Å². The van der Waals surface area contributed by atoms with E-state index in [1.807, 2.05) is 20.8 Å². The molecule has 0 bridgehead atoms. The lowest BCUT2D eigenvalue weighted by Gasteiger charge is -2.32. The molecular formula is C31H38ClN3O7S. The lowest BCUT2D eigenvalue weighted by atomic mass is 10.1. The van der Waals surface area contributed by atoms with Crippen molar-refractivity contribution in [3.05, 3.63) is 77.3 Å². The maximum absolute atomic E-state index is 14.1. The molecule has 12 heteroatoms. The summed E-state index contributed by atoms with van der Waals surface area (Å²) in [6.07, 6.45) is 0. The first-order valence-electron chi connectivity index (χ1n) is 13.7. The van der Waals surface area contributed by atoms with Crippen LogP contribution in [-0.2, 0) is 26.2 Å². The Morgan fingerprint density at radius 2 is 1.53 bits per heavy atom. The third-order valence-electron chi connectivity index (χ3n) is 6.52. The number of amides is 2. The lowest BCUT2D eigenvalue weighted by molar-refractivity contribution is -0.139. The molecule has 0 saturated heterocycles. The standard InChI is InChI=1S/C31H38ClN3O7S/c1-7-42-26-14-12-25(13-15-26)35(43(38,39)27-16-17-28(40-5)29(18-27)41-6)20-30(36)34(22(4)31(37)33-21(2)3)19-23-8-10-24(32)11-9-23/h8-18,21-22H,7,19-20H2,1-6H3,(H,33,37)/t22-/m0/s1. The third kappa shape index (κ3) is 8.55. The number of nitrogens with one attached hydrogen (secondary N) is 1. The molecule has 1 atom stereocenters. The zero-order valence-corrected chi connectivity index (χ0v) is 26.7. The largest absolute Gasteiger partial charge is 0.494 e. The van der Waals surface area contributed by atoms with Gasteiger partial charge in [-0.1, -0.05) is 23.7 Å². The minimum Gasteiger partial charge on any atom is -0.494 e. The molecule has 0 aliphatic rings. The van der Waals surface area contributed by atoms with E-state index in [0.717, 1.165) is 9.87 Å². The number of nitrogens with zero attached hydrogens (tertiary/aromatic N) is 2. The van der Waals surface area contributed by atoms with Crippen molar-refractivity contribution in [2.45, 2.75) is 51.2 Å². The summed E-state index contributed by atoms with van der Waals surface area (Å²) in [7, 11) is -1.47. The minimum absolute atomic E-state index is 0.0518. The molecule has 0 radical (unpaired) electrons. The van der Waals surface area contributed by atoms with Gasteiger partial charge in [-0.2, -0.15) is 0 Å². The van der Waals surface area contributed by atoms with Crippen molar-refractivity contribution >= 4 is 39.1 Å². The molecule has 1 N–H and O–H groups in total. The Morgan fingerprint density at radius 1 is 0.907 bits per heavy atom. The van der Waals surface area contributed by atoms with Gasteiger partial charge in [0.25, 0.3) is 10.0 Å². The van der Waals surface area contributed by atoms with Crippen molar-refractivity contribution in [1.82, 2.24) is 10.2 Å². The van der Waals surface area contributed by atoms with Crippen LogP contribution in [0.4, 0.5) is 5.69 Å². The van der Waals surface area contributed by atoms with Gasteiger partial charge in [-0.05, 0) is 81.8 Å². The minimum atomic E-state index is -4.32. The predicted molar refractivity (Wildman–Crippen MR) is 166 cm³/mol. The third-order valence-corrected chi connectivity index (χ3v) is 8.54. The second kappa shape index (κ2) is 15.0. The number of rotatable bonds is 14. The number of hydrogen-bond acceptors (Lipinski definition) is 7. The zero-order valence-electron chi connectivity index (χ0n) is 25.2. The fraction of sp³-hybridized carbons (Fsp3) is 0.355. The van der Waals surface area contributed by atoms with E-state index in [1.54, 1.807) is 55.5 Å². The normalized spacial score (nSPS) is 11.9. The first-order chi connectivity index (χ1) is 20.4. The van der Waals surface area contributed by atoms with E-state index in [9.17, 15) is 18.0 Å². The van der Waals surface area contributed by atoms with Gasteiger partial charge in [-0.15, -0.1) is 0 Å². The van der Waals surface area contributed by atoms with Crippen molar-refractivity contribution < 1.29 is 32.2 Å². The van der Waals surface area contributed by atoms with Crippen LogP contribution >= 0.6 is 11.6 Å². The molecule has 0 aliphatic carbocycles. The van der Waals surface area contributed by atoms with Gasteiger partial charge in [0.05, 0.1) is 31.4 Å². The Labute approximate surface area is 258 Å². The molecule has 10 nitrogen and oxygen atoms in total. The molecule has 0 heterocycles. The molecule has 3 rings (SSSR count). The monoisotopic (exact) mass is 631 g/mol. The Bertz CT molecular complexity index is 1500. The van der Waals surface area contributed by atoms with Gasteiger partial charge in [0.1, 0.15) is 18.3 Å². The molecule has 0 spiro atoms. The van der Waals surface area contributed by atoms with Crippen LogP contribution in [0.5, 0.6) is 17.2 Å². The Hall–Kier alpha value is -3.96. The number of halogens is 1. The molecule has 0 unspecified atom stereocenters. The van der Waals surface area contributed by atoms with E-state index in [2.05, 4.69) is 5.32 Å². The van der Waals surface area contributed by atoms with Crippen LogP contribution in [0.1, 0.15) is 33.3 Å². The van der Waals surface area contributed by atoms with E-state index in [0.29, 0.717) is 23.1 Å². The van der Waals surface area contributed by atoms with Crippen LogP contribution in [0.15, 0.2) is 71.6 Å². The average molecular weight is 632 g/mol. The van der Waals surface area contributed by atoms with Gasteiger partial charge in [0, 0.05) is 23.7 Å². The molecule has 0 saturated carbocycles. The summed E-state index contributed by atoms with van der Waals surface area (Å²) >= 11 is 6.05. The zero-order chi connectivity index (χ0) is 31.7. The van der Waals surface area contributed by atoms with Crippen LogP contribution < -0.4 is 23.8 Å². The molecule has 0 fully saturated rings. The number of carbonyl (C=O) groups is 2. The maximum Gasteiger partial charge on any atom is 0.264 e. The summed E-state index contributed by atoms with van der Waals surface area (Å²) < 4.78 is 45.4. The summed E-state index contributed by atoms with van der Waals surface area (Å²) in [5.74, 6) is 0.158. The van der Waals surface area contributed by atoms with Gasteiger partial charge in [-0.25, -0.2) is 8.42 Å². The van der Waals surface area contributed by atoms with Crippen LogP contribution in [-0.4, -0.2) is 64.6 Å². The summed E-state index contributed by atoms with van der Waals surface area (Å²) in [4.78, 5) is 28.3. The molecule has 232 valence electrons. The van der Waals surface area contributed by atoms with Crippen molar-refractivity contribution in [2.75, 3.05) is 31.7 Å². The van der Waals surface area contributed by atoms with Crippen molar-refractivity contribution in [3.63, 3.8) is 0 Å². The predicted octanol–water partition coefficient (Wildman–Crippen LogP) is 4.89. The molecule has 2 amide bonds. The summed E-state index contributed by atoms with van der Waals surface area (Å²) in [5.41, 5.74) is 0.953. The highest BCUT2D eigenvalue weighted by Crippen LogP contribution is 2.33. The number of carbonyl (C=O) groups excluding carboxylic acids is 2. The van der Waals surface area contributed by atoms with Crippen LogP contribution in [0.2, 0.25) is 5.02 Å². The second-order valence-electron chi connectivity index (χ2n) is 9.94. The highest BCUT2D eigenvalue weighted by molar-refractivity contribution is 7.92. The molecule has 0 aliphatic heterocycles.